The zero-order valence-electron chi connectivity index (χ0n) is 11.7. The summed E-state index contributed by atoms with van der Waals surface area (Å²) in [4.78, 5) is 16.3. The molecule has 0 unspecified atom stereocenters. The van der Waals surface area contributed by atoms with Gasteiger partial charge in [-0.3, -0.25) is 4.79 Å². The number of hydrogen-bond acceptors (Lipinski definition) is 3. The van der Waals surface area contributed by atoms with Crippen LogP contribution in [0.25, 0.3) is 0 Å². The Morgan fingerprint density at radius 3 is 2.60 bits per heavy atom. The first-order valence-electron chi connectivity index (χ1n) is 6.30. The van der Waals surface area contributed by atoms with Crippen LogP contribution in [-0.2, 0) is 6.42 Å². The molecule has 1 aromatic heterocycles. The molecular weight excluding hydrogens is 257 g/mol. The zero-order chi connectivity index (χ0) is 14.7. The summed E-state index contributed by atoms with van der Waals surface area (Å²) in [6.07, 6.45) is 1.69. The average Bonchev–Trinajstić information content (AvgIpc) is 2.38. The third kappa shape index (κ3) is 3.02. The van der Waals surface area contributed by atoms with Gasteiger partial charge in [-0.1, -0.05) is 12.1 Å². The minimum absolute atomic E-state index is 0.123. The van der Waals surface area contributed by atoms with Crippen LogP contribution >= 0.6 is 0 Å². The molecule has 20 heavy (non-hydrogen) atoms. The molecule has 4 heteroatoms. The van der Waals surface area contributed by atoms with Crippen LogP contribution in [0.15, 0.2) is 30.5 Å². The summed E-state index contributed by atoms with van der Waals surface area (Å²) in [6.45, 7) is 3.55. The Bertz CT molecular complexity index is 612. The van der Waals surface area contributed by atoms with Crippen molar-refractivity contribution in [2.45, 2.75) is 20.3 Å². The number of benzene rings is 1. The van der Waals surface area contributed by atoms with E-state index < -0.39 is 5.82 Å². The maximum atomic E-state index is 13.9. The number of halogens is 1. The van der Waals surface area contributed by atoms with Gasteiger partial charge in [-0.25, -0.2) is 9.37 Å². The van der Waals surface area contributed by atoms with E-state index in [4.69, 9.17) is 4.74 Å². The number of rotatable bonds is 4. The van der Waals surface area contributed by atoms with Crippen LogP contribution in [0.1, 0.15) is 27.0 Å². The lowest BCUT2D eigenvalue weighted by Crippen LogP contribution is -2.09. The number of methoxy groups -OCH3 is 1. The first-order valence-corrected chi connectivity index (χ1v) is 6.30. The number of aryl methyl sites for hydroxylation is 2. The number of nitrogens with zero attached hydrogens (tertiary/aromatic N) is 1. The Labute approximate surface area is 117 Å². The van der Waals surface area contributed by atoms with Gasteiger partial charge in [0.1, 0.15) is 5.82 Å². The normalized spacial score (nSPS) is 10.4. The number of Topliss-reactive ketones (excluding diaryl/α,β-unsaturated/α-hetero) is 1. The second kappa shape index (κ2) is 5.82. The average molecular weight is 273 g/mol. The monoisotopic (exact) mass is 273 g/mol. The fourth-order valence-corrected chi connectivity index (χ4v) is 2.18. The van der Waals surface area contributed by atoms with Crippen molar-refractivity contribution in [2.75, 3.05) is 7.11 Å². The van der Waals surface area contributed by atoms with Crippen molar-refractivity contribution < 1.29 is 13.9 Å². The molecule has 0 radical (unpaired) electrons. The number of carbonyl (C=O) groups excluding carboxylic acids is 1. The van der Waals surface area contributed by atoms with Crippen molar-refractivity contribution in [3.8, 4) is 5.88 Å². The molecule has 0 atom stereocenters. The van der Waals surface area contributed by atoms with E-state index in [0.29, 0.717) is 11.4 Å². The lowest BCUT2D eigenvalue weighted by Gasteiger charge is -2.08. The Morgan fingerprint density at radius 1 is 1.30 bits per heavy atom. The van der Waals surface area contributed by atoms with Gasteiger partial charge in [0, 0.05) is 18.7 Å². The third-order valence-corrected chi connectivity index (χ3v) is 3.08. The minimum atomic E-state index is -0.464. The lowest BCUT2D eigenvalue weighted by atomic mass is 9.97. The predicted octanol–water partition coefficient (Wildman–Crippen LogP) is 3.27. The standard InChI is InChI=1S/C16H16FNO2/c1-10-6-11(2)16(13(17)7-10)14(19)8-12-4-5-15(20-3)18-9-12/h4-7,9H,8H2,1-3H3. The van der Waals surface area contributed by atoms with E-state index in [1.807, 2.05) is 6.07 Å². The SMILES string of the molecule is COc1ccc(CC(=O)c2c(C)cc(C)cc2F)cn1. The second-order valence-electron chi connectivity index (χ2n) is 4.75. The van der Waals surface area contributed by atoms with Crippen molar-refractivity contribution in [3.63, 3.8) is 0 Å². The molecule has 2 rings (SSSR count). The summed E-state index contributed by atoms with van der Waals surface area (Å²) in [5.41, 5.74) is 2.36. The first-order chi connectivity index (χ1) is 9.51. The highest BCUT2D eigenvalue weighted by atomic mass is 19.1. The highest BCUT2D eigenvalue weighted by Gasteiger charge is 2.16. The van der Waals surface area contributed by atoms with Gasteiger partial charge in [0.05, 0.1) is 12.7 Å². The van der Waals surface area contributed by atoms with E-state index in [9.17, 15) is 9.18 Å². The quantitative estimate of drug-likeness (QED) is 0.802. The summed E-state index contributed by atoms with van der Waals surface area (Å²) in [7, 11) is 1.53. The number of ether oxygens (including phenoxy) is 1. The highest BCUT2D eigenvalue weighted by molar-refractivity contribution is 5.99. The van der Waals surface area contributed by atoms with Gasteiger partial charge in [0.2, 0.25) is 5.88 Å². The molecule has 0 aliphatic carbocycles. The van der Waals surface area contributed by atoms with Gasteiger partial charge in [-0.2, -0.15) is 0 Å². The van der Waals surface area contributed by atoms with E-state index in [1.54, 1.807) is 32.2 Å². The maximum absolute atomic E-state index is 13.9. The molecule has 0 aliphatic rings. The van der Waals surface area contributed by atoms with E-state index in [2.05, 4.69) is 4.98 Å². The van der Waals surface area contributed by atoms with E-state index in [-0.39, 0.29) is 17.8 Å². The van der Waals surface area contributed by atoms with Crippen molar-refractivity contribution >= 4 is 5.78 Å². The van der Waals surface area contributed by atoms with Gasteiger partial charge in [-0.15, -0.1) is 0 Å². The van der Waals surface area contributed by atoms with Crippen molar-refractivity contribution in [1.29, 1.82) is 0 Å². The number of carbonyl (C=O) groups is 1. The second-order valence-corrected chi connectivity index (χ2v) is 4.75. The van der Waals surface area contributed by atoms with E-state index in [0.717, 1.165) is 11.1 Å². The number of hydrogen-bond donors (Lipinski definition) is 0. The molecule has 1 heterocycles. The van der Waals surface area contributed by atoms with Gasteiger partial charge >= 0.3 is 0 Å². The highest BCUT2D eigenvalue weighted by Crippen LogP contribution is 2.18. The largest absolute Gasteiger partial charge is 0.481 e. The molecule has 0 N–H and O–H groups in total. The smallest absolute Gasteiger partial charge is 0.212 e. The van der Waals surface area contributed by atoms with Crippen LogP contribution in [0.5, 0.6) is 5.88 Å². The summed E-state index contributed by atoms with van der Waals surface area (Å²) >= 11 is 0. The molecule has 0 amide bonds. The summed E-state index contributed by atoms with van der Waals surface area (Å²) in [6, 6.07) is 6.63. The van der Waals surface area contributed by atoms with E-state index in [1.165, 1.54) is 13.2 Å². The molecule has 2 aromatic rings. The number of pyridine rings is 1. The van der Waals surface area contributed by atoms with Crippen LogP contribution in [0, 0.1) is 19.7 Å². The maximum Gasteiger partial charge on any atom is 0.212 e. The molecule has 0 bridgehead atoms. The van der Waals surface area contributed by atoms with Crippen molar-refractivity contribution in [3.05, 3.63) is 58.5 Å². The molecule has 0 aliphatic heterocycles. The van der Waals surface area contributed by atoms with Crippen LogP contribution < -0.4 is 4.74 Å². The molecular formula is C16H16FNO2. The Morgan fingerprint density at radius 2 is 2.05 bits per heavy atom. The Kier molecular flexibility index (Phi) is 4.13. The molecule has 1 aromatic carbocycles. The van der Waals surface area contributed by atoms with Gasteiger partial charge in [0.15, 0.2) is 5.78 Å². The number of aromatic nitrogens is 1. The van der Waals surface area contributed by atoms with Gasteiger partial charge < -0.3 is 4.74 Å². The van der Waals surface area contributed by atoms with Crippen molar-refractivity contribution in [2.24, 2.45) is 0 Å². The third-order valence-electron chi connectivity index (χ3n) is 3.08. The van der Waals surface area contributed by atoms with Crippen LogP contribution in [0.2, 0.25) is 0 Å². The van der Waals surface area contributed by atoms with Crippen molar-refractivity contribution in [1.82, 2.24) is 4.98 Å². The van der Waals surface area contributed by atoms with Crippen LogP contribution in [0.3, 0.4) is 0 Å². The first kappa shape index (κ1) is 14.2. The summed E-state index contributed by atoms with van der Waals surface area (Å²) < 4.78 is 18.9. The minimum Gasteiger partial charge on any atom is -0.481 e. The molecule has 0 saturated heterocycles. The Balaban J connectivity index is 2.23. The van der Waals surface area contributed by atoms with Crippen LogP contribution in [-0.4, -0.2) is 17.9 Å². The summed E-state index contributed by atoms with van der Waals surface area (Å²) in [5.74, 6) is -0.222. The van der Waals surface area contributed by atoms with E-state index >= 15 is 0 Å². The molecule has 0 spiro atoms. The molecule has 104 valence electrons. The van der Waals surface area contributed by atoms with Crippen LogP contribution in [0.4, 0.5) is 4.39 Å². The fraction of sp³-hybridized carbons (Fsp3) is 0.250. The Hall–Kier alpha value is -2.23. The summed E-state index contributed by atoms with van der Waals surface area (Å²) in [5, 5.41) is 0. The number of ketones is 1. The van der Waals surface area contributed by atoms with Gasteiger partial charge in [0.25, 0.3) is 0 Å². The predicted molar refractivity (Wildman–Crippen MR) is 74.7 cm³/mol. The topological polar surface area (TPSA) is 39.2 Å². The van der Waals surface area contributed by atoms with Gasteiger partial charge in [-0.05, 0) is 36.6 Å². The zero-order valence-corrected chi connectivity index (χ0v) is 11.7. The molecule has 0 fully saturated rings. The molecule has 3 nitrogen and oxygen atoms in total. The molecule has 0 saturated carbocycles. The fourth-order valence-electron chi connectivity index (χ4n) is 2.18. The lowest BCUT2D eigenvalue weighted by molar-refractivity contribution is 0.0988.